The molecule has 0 bridgehead atoms. The first-order valence-electron chi connectivity index (χ1n) is 9.91. The maximum Gasteiger partial charge on any atom is 0.243 e. The summed E-state index contributed by atoms with van der Waals surface area (Å²) in [5, 5.41) is 3.98. The van der Waals surface area contributed by atoms with Crippen LogP contribution in [0.4, 0.5) is 5.69 Å². The van der Waals surface area contributed by atoms with Gasteiger partial charge in [-0.2, -0.15) is 4.31 Å². The van der Waals surface area contributed by atoms with E-state index in [4.69, 9.17) is 0 Å². The molecule has 1 amide bonds. The third-order valence-electron chi connectivity index (χ3n) is 5.29. The van der Waals surface area contributed by atoms with Crippen molar-refractivity contribution >= 4 is 44.3 Å². The van der Waals surface area contributed by atoms with Crippen molar-refractivity contribution in [1.82, 2.24) is 4.31 Å². The van der Waals surface area contributed by atoms with Crippen molar-refractivity contribution < 1.29 is 13.2 Å². The molecule has 5 nitrogen and oxygen atoms in total. The number of amides is 1. The molecule has 0 saturated heterocycles. The Bertz CT molecular complexity index is 1110. The van der Waals surface area contributed by atoms with Gasteiger partial charge in [-0.3, -0.25) is 4.79 Å². The highest BCUT2D eigenvalue weighted by Gasteiger charge is 2.28. The van der Waals surface area contributed by atoms with Crippen molar-refractivity contribution in [3.8, 4) is 0 Å². The van der Waals surface area contributed by atoms with Crippen molar-refractivity contribution in [3.63, 3.8) is 0 Å². The van der Waals surface area contributed by atoms with Crippen LogP contribution in [0.15, 0.2) is 58.1 Å². The number of sulfonamides is 1. The minimum Gasteiger partial charge on any atom is -0.312 e. The van der Waals surface area contributed by atoms with Gasteiger partial charge in [-0.15, -0.1) is 22.7 Å². The lowest BCUT2D eigenvalue weighted by Crippen LogP contribution is -2.34. The molecule has 0 fully saturated rings. The average molecular weight is 461 g/mol. The molecule has 0 atom stereocenters. The van der Waals surface area contributed by atoms with Crippen LogP contribution in [-0.2, 0) is 34.2 Å². The Hall–Kier alpha value is -2.00. The molecular formula is C22H24N2O3S3. The number of benzene rings is 1. The summed E-state index contributed by atoms with van der Waals surface area (Å²) in [4.78, 5) is 16.1. The van der Waals surface area contributed by atoms with E-state index in [0.717, 1.165) is 29.0 Å². The van der Waals surface area contributed by atoms with Gasteiger partial charge in [-0.05, 0) is 65.9 Å². The number of rotatable bonds is 7. The molecule has 0 N–H and O–H groups in total. The first-order valence-corrected chi connectivity index (χ1v) is 13.1. The van der Waals surface area contributed by atoms with Gasteiger partial charge in [0.05, 0.1) is 4.90 Å². The number of thiophene rings is 2. The second kappa shape index (κ2) is 9.01. The summed E-state index contributed by atoms with van der Waals surface area (Å²) in [5.74, 6) is -0.0122. The normalized spacial score (nSPS) is 14.1. The Morgan fingerprint density at radius 2 is 1.83 bits per heavy atom. The Balaban J connectivity index is 1.64. The zero-order valence-electron chi connectivity index (χ0n) is 16.8. The van der Waals surface area contributed by atoms with Gasteiger partial charge in [0, 0.05) is 42.0 Å². The predicted octanol–water partition coefficient (Wildman–Crippen LogP) is 4.54. The molecule has 0 radical (unpaired) electrons. The maximum absolute atomic E-state index is 13.6. The fourth-order valence-electron chi connectivity index (χ4n) is 3.76. The summed E-state index contributed by atoms with van der Waals surface area (Å²) in [6, 6.07) is 13.1. The number of fused-ring (bicyclic) bond motifs is 1. The molecule has 0 unspecified atom stereocenters. The first kappa shape index (κ1) is 21.2. The van der Waals surface area contributed by atoms with E-state index in [2.05, 4.69) is 0 Å². The lowest BCUT2D eigenvalue weighted by Gasteiger charge is -2.29. The summed E-state index contributed by atoms with van der Waals surface area (Å²) in [5.41, 5.74) is 1.75. The van der Waals surface area contributed by atoms with Crippen LogP contribution >= 0.6 is 22.7 Å². The van der Waals surface area contributed by atoms with Gasteiger partial charge in [-0.25, -0.2) is 8.42 Å². The smallest absolute Gasteiger partial charge is 0.243 e. The highest BCUT2D eigenvalue weighted by molar-refractivity contribution is 7.89. The van der Waals surface area contributed by atoms with Crippen molar-refractivity contribution in [3.05, 3.63) is 68.5 Å². The fourth-order valence-corrected chi connectivity index (χ4v) is 6.73. The molecule has 1 aliphatic rings. The maximum atomic E-state index is 13.6. The van der Waals surface area contributed by atoms with E-state index in [1.165, 1.54) is 4.88 Å². The van der Waals surface area contributed by atoms with Gasteiger partial charge in [0.1, 0.15) is 0 Å². The molecule has 30 heavy (non-hydrogen) atoms. The molecule has 0 saturated carbocycles. The van der Waals surface area contributed by atoms with Crippen LogP contribution in [0.1, 0.15) is 28.7 Å². The zero-order chi connectivity index (χ0) is 21.1. The van der Waals surface area contributed by atoms with Crippen molar-refractivity contribution in [2.24, 2.45) is 0 Å². The predicted molar refractivity (Wildman–Crippen MR) is 123 cm³/mol. The molecule has 1 aromatic carbocycles. The monoisotopic (exact) mass is 460 g/mol. The summed E-state index contributed by atoms with van der Waals surface area (Å²) < 4.78 is 28.7. The quantitative estimate of drug-likeness (QED) is 0.520. The molecule has 2 aromatic heterocycles. The van der Waals surface area contributed by atoms with E-state index >= 15 is 0 Å². The van der Waals surface area contributed by atoms with Gasteiger partial charge in [0.15, 0.2) is 0 Å². The number of carbonyl (C=O) groups is 1. The van der Waals surface area contributed by atoms with Gasteiger partial charge in [0.25, 0.3) is 0 Å². The fraction of sp³-hybridized carbons (Fsp3) is 0.318. The molecule has 4 rings (SSSR count). The van der Waals surface area contributed by atoms with Gasteiger partial charge < -0.3 is 4.90 Å². The molecule has 8 heteroatoms. The number of aryl methyl sites for hydroxylation is 1. The van der Waals surface area contributed by atoms with Gasteiger partial charge >= 0.3 is 0 Å². The van der Waals surface area contributed by atoms with Crippen LogP contribution in [0.2, 0.25) is 0 Å². The zero-order valence-corrected chi connectivity index (χ0v) is 19.2. The number of nitrogens with zero attached hydrogens (tertiary/aromatic N) is 2. The molecule has 0 aliphatic carbocycles. The summed E-state index contributed by atoms with van der Waals surface area (Å²) in [7, 11) is -3.66. The van der Waals surface area contributed by atoms with Crippen LogP contribution in [0, 0.1) is 0 Å². The summed E-state index contributed by atoms with van der Waals surface area (Å²) in [6.07, 6.45) is 2.31. The van der Waals surface area contributed by atoms with E-state index in [9.17, 15) is 13.2 Å². The molecular weight excluding hydrogens is 436 g/mol. The van der Waals surface area contributed by atoms with Crippen LogP contribution in [-0.4, -0.2) is 31.7 Å². The second-order valence-corrected chi connectivity index (χ2v) is 11.3. The topological polar surface area (TPSA) is 57.7 Å². The number of anilines is 1. The van der Waals surface area contributed by atoms with Crippen molar-refractivity contribution in [2.75, 3.05) is 18.0 Å². The first-order chi connectivity index (χ1) is 14.4. The summed E-state index contributed by atoms with van der Waals surface area (Å²) >= 11 is 3.21. The van der Waals surface area contributed by atoms with E-state index in [1.54, 1.807) is 57.0 Å². The molecule has 3 aromatic rings. The standard InChI is InChI=1S/C22H24N2O3S3/c1-17(25)24-11-2-5-18-15-21(8-9-22(18)24)30(26,27)23(16-20-7-4-14-29-20)12-10-19-6-3-13-28-19/h3-4,6-9,13-15H,2,5,10-12,16H2,1H3. The highest BCUT2D eigenvalue weighted by atomic mass is 32.2. The highest BCUT2D eigenvalue weighted by Crippen LogP contribution is 2.31. The Morgan fingerprint density at radius 3 is 2.50 bits per heavy atom. The molecule has 1 aliphatic heterocycles. The van der Waals surface area contributed by atoms with Crippen LogP contribution < -0.4 is 4.90 Å². The average Bonchev–Trinajstić information content (AvgIpc) is 3.44. The number of hydrogen-bond acceptors (Lipinski definition) is 5. The van der Waals surface area contributed by atoms with E-state index < -0.39 is 10.0 Å². The van der Waals surface area contributed by atoms with Crippen molar-refractivity contribution in [1.29, 1.82) is 0 Å². The van der Waals surface area contributed by atoms with Crippen LogP contribution in [0.5, 0.6) is 0 Å². The minimum atomic E-state index is -3.66. The Labute approximate surface area is 185 Å². The Morgan fingerprint density at radius 1 is 1.10 bits per heavy atom. The second-order valence-electron chi connectivity index (χ2n) is 7.31. The van der Waals surface area contributed by atoms with Crippen LogP contribution in [0.25, 0.3) is 0 Å². The third-order valence-corrected chi connectivity index (χ3v) is 8.93. The van der Waals surface area contributed by atoms with E-state index in [1.807, 2.05) is 35.0 Å². The number of carbonyl (C=O) groups excluding carboxylic acids is 1. The largest absolute Gasteiger partial charge is 0.312 e. The number of hydrogen-bond donors (Lipinski definition) is 0. The minimum absolute atomic E-state index is 0.0122. The molecule has 3 heterocycles. The Kier molecular flexibility index (Phi) is 6.38. The lowest BCUT2D eigenvalue weighted by atomic mass is 10.0. The summed E-state index contributed by atoms with van der Waals surface area (Å²) in [6.45, 7) is 3.02. The SMILES string of the molecule is CC(=O)N1CCCc2cc(S(=O)(=O)N(CCc3cccs3)Cc3cccs3)ccc21. The van der Waals surface area contributed by atoms with Gasteiger partial charge in [-0.1, -0.05) is 12.1 Å². The van der Waals surface area contributed by atoms with Crippen LogP contribution in [0.3, 0.4) is 0 Å². The molecule has 158 valence electrons. The van der Waals surface area contributed by atoms with Crippen molar-refractivity contribution in [2.45, 2.75) is 37.6 Å². The van der Waals surface area contributed by atoms with E-state index in [0.29, 0.717) is 31.0 Å². The van der Waals surface area contributed by atoms with Gasteiger partial charge in [0.2, 0.25) is 15.9 Å². The van der Waals surface area contributed by atoms with E-state index in [-0.39, 0.29) is 5.91 Å². The third kappa shape index (κ3) is 4.51. The lowest BCUT2D eigenvalue weighted by molar-refractivity contribution is -0.116. The molecule has 0 spiro atoms.